The van der Waals surface area contributed by atoms with Crippen molar-refractivity contribution in [2.45, 2.75) is 47.4 Å². The van der Waals surface area contributed by atoms with Crippen molar-refractivity contribution < 1.29 is 4.79 Å². The van der Waals surface area contributed by atoms with E-state index in [9.17, 15) is 4.79 Å². The number of thioether (sulfide) groups is 2. The van der Waals surface area contributed by atoms with Crippen molar-refractivity contribution >= 4 is 45.9 Å². The monoisotopic (exact) mass is 353 g/mol. The second kappa shape index (κ2) is 7.99. The summed E-state index contributed by atoms with van der Waals surface area (Å²) in [5.74, 6) is -0.138. The normalized spacial score (nSPS) is 11.2. The van der Waals surface area contributed by atoms with Crippen LogP contribution in [0.15, 0.2) is 33.5 Å². The van der Waals surface area contributed by atoms with Crippen LogP contribution in [-0.2, 0) is 0 Å². The second-order valence-corrected chi connectivity index (χ2v) is 9.58. The highest BCUT2D eigenvalue weighted by Crippen LogP contribution is 2.30. The lowest BCUT2D eigenvalue weighted by Crippen LogP contribution is -2.13. The fourth-order valence-corrected chi connectivity index (χ4v) is 4.61. The molecule has 0 radical (unpaired) electrons. The molecule has 2 rings (SSSR count). The summed E-state index contributed by atoms with van der Waals surface area (Å²) in [6.07, 6.45) is 0. The van der Waals surface area contributed by atoms with E-state index in [0.717, 1.165) is 9.24 Å². The van der Waals surface area contributed by atoms with Gasteiger partial charge in [0.05, 0.1) is 5.56 Å². The molecule has 0 saturated carbocycles. The predicted molar refractivity (Wildman–Crippen MR) is 96.3 cm³/mol. The lowest BCUT2D eigenvalue weighted by molar-refractivity contribution is 0.102. The Balaban J connectivity index is 2.10. The molecule has 2 aromatic rings. The van der Waals surface area contributed by atoms with Gasteiger partial charge in [0.25, 0.3) is 5.91 Å². The average Bonchev–Trinajstić information content (AvgIpc) is 2.84. The lowest BCUT2D eigenvalue weighted by atomic mass is 10.2. The molecule has 0 saturated heterocycles. The van der Waals surface area contributed by atoms with Gasteiger partial charge in [0.1, 0.15) is 0 Å². The van der Waals surface area contributed by atoms with Gasteiger partial charge >= 0.3 is 0 Å². The average molecular weight is 354 g/mol. The number of hydrogen-bond donors (Lipinski definition) is 1. The van der Waals surface area contributed by atoms with Crippen molar-refractivity contribution in [1.82, 2.24) is 10.2 Å². The quantitative estimate of drug-likeness (QED) is 0.597. The number of benzene rings is 1. The first-order valence-corrected chi connectivity index (χ1v) is 9.60. The molecule has 0 aliphatic carbocycles. The maximum Gasteiger partial charge on any atom is 0.258 e. The summed E-state index contributed by atoms with van der Waals surface area (Å²) in [4.78, 5) is 13.4. The summed E-state index contributed by atoms with van der Waals surface area (Å²) in [6.45, 7) is 8.42. The third kappa shape index (κ3) is 5.00. The molecule has 1 aromatic carbocycles. The minimum absolute atomic E-state index is 0.138. The molecule has 1 N–H and O–H groups in total. The van der Waals surface area contributed by atoms with Gasteiger partial charge in [-0.1, -0.05) is 62.9 Å². The fourth-order valence-electron chi connectivity index (χ4n) is 1.68. The number of carbonyl (C=O) groups is 1. The molecule has 4 nitrogen and oxygen atoms in total. The van der Waals surface area contributed by atoms with Crippen LogP contribution in [-0.4, -0.2) is 26.6 Å². The van der Waals surface area contributed by atoms with Crippen LogP contribution in [0.3, 0.4) is 0 Å². The van der Waals surface area contributed by atoms with Crippen LogP contribution >= 0.6 is 34.9 Å². The van der Waals surface area contributed by atoms with E-state index in [4.69, 9.17) is 0 Å². The maximum absolute atomic E-state index is 12.5. The first-order chi connectivity index (χ1) is 10.5. The predicted octanol–water partition coefficient (Wildman–Crippen LogP) is 4.79. The van der Waals surface area contributed by atoms with E-state index in [0.29, 0.717) is 21.2 Å². The van der Waals surface area contributed by atoms with E-state index in [1.165, 1.54) is 11.3 Å². The van der Waals surface area contributed by atoms with Gasteiger partial charge in [0.2, 0.25) is 5.13 Å². The summed E-state index contributed by atoms with van der Waals surface area (Å²) in [5, 5.41) is 12.4. The third-order valence-electron chi connectivity index (χ3n) is 2.46. The standard InChI is InChI=1S/C15H19N3OS3/c1-9(2)20-12-8-6-5-7-11(12)13(19)16-14-17-18-15(22-14)21-10(3)4/h5-10H,1-4H3,(H,16,17,19). The number of anilines is 1. The van der Waals surface area contributed by atoms with Gasteiger partial charge in [-0.15, -0.1) is 22.0 Å². The summed E-state index contributed by atoms with van der Waals surface area (Å²) >= 11 is 4.73. The van der Waals surface area contributed by atoms with Gasteiger partial charge in [-0.3, -0.25) is 10.1 Å². The van der Waals surface area contributed by atoms with Crippen molar-refractivity contribution in [3.8, 4) is 0 Å². The van der Waals surface area contributed by atoms with Gasteiger partial charge in [-0.25, -0.2) is 0 Å². The molecule has 1 heterocycles. The van der Waals surface area contributed by atoms with Crippen LogP contribution < -0.4 is 5.32 Å². The summed E-state index contributed by atoms with van der Waals surface area (Å²) < 4.78 is 0.871. The summed E-state index contributed by atoms with van der Waals surface area (Å²) in [6, 6.07) is 7.63. The largest absolute Gasteiger partial charge is 0.296 e. The zero-order chi connectivity index (χ0) is 16.1. The highest BCUT2D eigenvalue weighted by molar-refractivity contribution is 8.01. The molecule has 7 heteroatoms. The lowest BCUT2D eigenvalue weighted by Gasteiger charge is -2.10. The Hall–Kier alpha value is -1.05. The fraction of sp³-hybridized carbons (Fsp3) is 0.400. The van der Waals surface area contributed by atoms with E-state index in [-0.39, 0.29) is 5.91 Å². The van der Waals surface area contributed by atoms with E-state index in [2.05, 4.69) is 43.2 Å². The van der Waals surface area contributed by atoms with E-state index >= 15 is 0 Å². The minimum atomic E-state index is -0.138. The molecule has 0 atom stereocenters. The number of nitrogens with one attached hydrogen (secondary N) is 1. The third-order valence-corrected chi connectivity index (χ3v) is 5.47. The second-order valence-electron chi connectivity index (χ2n) is 5.16. The van der Waals surface area contributed by atoms with Crippen LogP contribution in [0.4, 0.5) is 5.13 Å². The Morgan fingerprint density at radius 1 is 1.09 bits per heavy atom. The molecule has 1 amide bonds. The van der Waals surface area contributed by atoms with E-state index in [1.54, 1.807) is 23.5 Å². The number of carbonyl (C=O) groups excluding carboxylic acids is 1. The molecule has 0 fully saturated rings. The first kappa shape index (κ1) is 17.3. The molecular weight excluding hydrogens is 334 g/mol. The van der Waals surface area contributed by atoms with Gasteiger partial charge in [0.15, 0.2) is 4.34 Å². The van der Waals surface area contributed by atoms with Crippen molar-refractivity contribution in [2.24, 2.45) is 0 Å². The van der Waals surface area contributed by atoms with Crippen LogP contribution in [0.1, 0.15) is 38.1 Å². The summed E-state index contributed by atoms with van der Waals surface area (Å²) in [7, 11) is 0. The Morgan fingerprint density at radius 3 is 2.45 bits per heavy atom. The molecule has 0 spiro atoms. The highest BCUT2D eigenvalue weighted by atomic mass is 32.2. The topological polar surface area (TPSA) is 54.9 Å². The molecule has 1 aromatic heterocycles. The van der Waals surface area contributed by atoms with Crippen molar-refractivity contribution in [3.05, 3.63) is 29.8 Å². The summed E-state index contributed by atoms with van der Waals surface area (Å²) in [5.41, 5.74) is 0.675. The van der Waals surface area contributed by atoms with E-state index in [1.807, 2.05) is 24.3 Å². The zero-order valence-corrected chi connectivity index (χ0v) is 15.4. The molecule has 118 valence electrons. The highest BCUT2D eigenvalue weighted by Gasteiger charge is 2.15. The Bertz CT molecular complexity index is 640. The Kier molecular flexibility index (Phi) is 6.28. The number of nitrogens with zero attached hydrogens (tertiary/aromatic N) is 2. The molecule has 0 unspecified atom stereocenters. The SMILES string of the molecule is CC(C)Sc1nnc(NC(=O)c2ccccc2SC(C)C)s1. The number of aromatic nitrogens is 2. The van der Waals surface area contributed by atoms with Crippen molar-refractivity contribution in [3.63, 3.8) is 0 Å². The van der Waals surface area contributed by atoms with Gasteiger partial charge in [-0.05, 0) is 12.1 Å². The van der Waals surface area contributed by atoms with Gasteiger partial charge < -0.3 is 0 Å². The van der Waals surface area contributed by atoms with Gasteiger partial charge in [0, 0.05) is 15.4 Å². The maximum atomic E-state index is 12.5. The van der Waals surface area contributed by atoms with Crippen molar-refractivity contribution in [2.75, 3.05) is 5.32 Å². The molecule has 22 heavy (non-hydrogen) atoms. The minimum Gasteiger partial charge on any atom is -0.296 e. The number of hydrogen-bond acceptors (Lipinski definition) is 6. The van der Waals surface area contributed by atoms with Crippen LogP contribution in [0.2, 0.25) is 0 Å². The molecule has 0 bridgehead atoms. The zero-order valence-electron chi connectivity index (χ0n) is 13.0. The van der Waals surface area contributed by atoms with Crippen LogP contribution in [0.25, 0.3) is 0 Å². The Labute approximate surface area is 143 Å². The number of amides is 1. The van der Waals surface area contributed by atoms with Crippen molar-refractivity contribution in [1.29, 1.82) is 0 Å². The molecule has 0 aliphatic heterocycles. The van der Waals surface area contributed by atoms with Gasteiger partial charge in [-0.2, -0.15) is 0 Å². The van der Waals surface area contributed by atoms with E-state index < -0.39 is 0 Å². The number of rotatable bonds is 6. The molecule has 0 aliphatic rings. The first-order valence-electron chi connectivity index (χ1n) is 7.03. The van der Waals surface area contributed by atoms with Crippen LogP contribution in [0.5, 0.6) is 0 Å². The van der Waals surface area contributed by atoms with Crippen LogP contribution in [0, 0.1) is 0 Å². The Morgan fingerprint density at radius 2 is 1.77 bits per heavy atom. The molecular formula is C15H19N3OS3. The smallest absolute Gasteiger partial charge is 0.258 e.